The number of hydrogen-bond acceptors (Lipinski definition) is 5. The number of nitrogens with zero attached hydrogens (tertiary/aromatic N) is 3. The molecule has 0 amide bonds. The molecule has 0 atom stereocenters. The van der Waals surface area contributed by atoms with E-state index in [1.54, 1.807) is 13.2 Å². The first-order chi connectivity index (χ1) is 11.3. The average molecular weight is 309 g/mol. The summed E-state index contributed by atoms with van der Waals surface area (Å²) < 4.78 is 11.1. The molecule has 0 radical (unpaired) electrons. The first-order valence-corrected chi connectivity index (χ1v) is 7.79. The molecule has 1 aliphatic heterocycles. The van der Waals surface area contributed by atoms with E-state index in [0.717, 1.165) is 37.2 Å². The molecular weight excluding hydrogens is 290 g/mol. The van der Waals surface area contributed by atoms with E-state index in [4.69, 9.17) is 9.15 Å². The highest BCUT2D eigenvalue weighted by molar-refractivity contribution is 5.70. The summed E-state index contributed by atoms with van der Waals surface area (Å²) in [5.74, 6) is 1.81. The van der Waals surface area contributed by atoms with Crippen LogP contribution in [0.2, 0.25) is 0 Å². The number of nitriles is 1. The molecule has 0 unspecified atom stereocenters. The second kappa shape index (κ2) is 7.01. The molecule has 1 fully saturated rings. The lowest BCUT2D eigenvalue weighted by Crippen LogP contribution is -2.29. The van der Waals surface area contributed by atoms with Gasteiger partial charge in [-0.15, -0.1) is 0 Å². The second-order valence-electron chi connectivity index (χ2n) is 5.44. The van der Waals surface area contributed by atoms with E-state index < -0.39 is 0 Å². The van der Waals surface area contributed by atoms with Gasteiger partial charge >= 0.3 is 0 Å². The quantitative estimate of drug-likeness (QED) is 0.861. The second-order valence-corrected chi connectivity index (χ2v) is 5.44. The number of ether oxygens (including phenoxy) is 1. The zero-order chi connectivity index (χ0) is 16.1. The third-order valence-electron chi connectivity index (χ3n) is 3.92. The van der Waals surface area contributed by atoms with Crippen molar-refractivity contribution in [1.29, 1.82) is 5.26 Å². The molecule has 0 bridgehead atoms. The van der Waals surface area contributed by atoms with E-state index in [-0.39, 0.29) is 0 Å². The molecular formula is C18H19N3O2. The summed E-state index contributed by atoms with van der Waals surface area (Å²) in [5.41, 5.74) is 1.29. The van der Waals surface area contributed by atoms with E-state index in [1.807, 2.05) is 30.3 Å². The SMILES string of the molecule is COc1ccccc1C=Cc1nc(C#N)c(N2CCCCC2)o1. The summed E-state index contributed by atoms with van der Waals surface area (Å²) in [6, 6.07) is 9.84. The molecule has 1 aromatic heterocycles. The van der Waals surface area contributed by atoms with Crippen molar-refractivity contribution in [3.05, 3.63) is 41.4 Å². The Morgan fingerprint density at radius 2 is 2.00 bits per heavy atom. The molecule has 5 heteroatoms. The fraction of sp³-hybridized carbons (Fsp3) is 0.333. The van der Waals surface area contributed by atoms with Gasteiger partial charge in [0, 0.05) is 24.7 Å². The summed E-state index contributed by atoms with van der Waals surface area (Å²) in [6.07, 6.45) is 7.13. The summed E-state index contributed by atoms with van der Waals surface area (Å²) in [7, 11) is 1.64. The Kier molecular flexibility index (Phi) is 4.62. The molecule has 5 nitrogen and oxygen atoms in total. The maximum absolute atomic E-state index is 9.29. The number of aromatic nitrogens is 1. The molecule has 0 saturated carbocycles. The van der Waals surface area contributed by atoms with Gasteiger partial charge in [0.15, 0.2) is 0 Å². The monoisotopic (exact) mass is 309 g/mol. The molecule has 2 aromatic rings. The van der Waals surface area contributed by atoms with Gasteiger partial charge < -0.3 is 14.1 Å². The van der Waals surface area contributed by atoms with Crippen LogP contribution in [0, 0.1) is 11.3 Å². The summed E-state index contributed by atoms with van der Waals surface area (Å²) in [6.45, 7) is 1.83. The summed E-state index contributed by atoms with van der Waals surface area (Å²) >= 11 is 0. The smallest absolute Gasteiger partial charge is 0.235 e. The van der Waals surface area contributed by atoms with Crippen LogP contribution in [0.25, 0.3) is 12.2 Å². The van der Waals surface area contributed by atoms with Gasteiger partial charge in [-0.2, -0.15) is 10.2 Å². The fourth-order valence-corrected chi connectivity index (χ4v) is 2.75. The number of benzene rings is 1. The van der Waals surface area contributed by atoms with Gasteiger partial charge in [0.05, 0.1) is 7.11 Å². The predicted octanol–water partition coefficient (Wildman–Crippen LogP) is 3.72. The number of piperidine rings is 1. The van der Waals surface area contributed by atoms with E-state index in [2.05, 4.69) is 16.0 Å². The van der Waals surface area contributed by atoms with Gasteiger partial charge in [0.1, 0.15) is 11.8 Å². The minimum atomic E-state index is 0.353. The molecule has 23 heavy (non-hydrogen) atoms. The predicted molar refractivity (Wildman–Crippen MR) is 89.2 cm³/mol. The number of para-hydroxylation sites is 1. The van der Waals surface area contributed by atoms with E-state index in [9.17, 15) is 5.26 Å². The van der Waals surface area contributed by atoms with Crippen LogP contribution in [0.1, 0.15) is 36.4 Å². The number of oxazole rings is 1. The Labute approximate surface area is 135 Å². The highest BCUT2D eigenvalue weighted by Gasteiger charge is 2.20. The minimum absolute atomic E-state index is 0.353. The highest BCUT2D eigenvalue weighted by Crippen LogP contribution is 2.26. The Balaban J connectivity index is 1.85. The van der Waals surface area contributed by atoms with Crippen molar-refractivity contribution >= 4 is 18.0 Å². The fourth-order valence-electron chi connectivity index (χ4n) is 2.75. The van der Waals surface area contributed by atoms with Crippen LogP contribution in [0.15, 0.2) is 28.7 Å². The van der Waals surface area contributed by atoms with Crippen molar-refractivity contribution in [1.82, 2.24) is 4.98 Å². The van der Waals surface area contributed by atoms with E-state index >= 15 is 0 Å². The maximum atomic E-state index is 9.29. The van der Waals surface area contributed by atoms with E-state index in [0.29, 0.717) is 17.5 Å². The van der Waals surface area contributed by atoms with Gasteiger partial charge in [0.2, 0.25) is 17.5 Å². The summed E-state index contributed by atoms with van der Waals surface area (Å²) in [4.78, 5) is 6.38. The van der Waals surface area contributed by atoms with Crippen molar-refractivity contribution in [3.63, 3.8) is 0 Å². The normalized spacial score (nSPS) is 14.9. The lowest BCUT2D eigenvalue weighted by atomic mass is 10.1. The molecule has 1 saturated heterocycles. The van der Waals surface area contributed by atoms with Crippen LogP contribution in [0.5, 0.6) is 5.75 Å². The first kappa shape index (κ1) is 15.2. The molecule has 118 valence electrons. The number of methoxy groups -OCH3 is 1. The molecule has 1 aliphatic rings. The Morgan fingerprint density at radius 1 is 1.22 bits per heavy atom. The van der Waals surface area contributed by atoms with Crippen molar-refractivity contribution in [2.24, 2.45) is 0 Å². The zero-order valence-electron chi connectivity index (χ0n) is 13.2. The average Bonchev–Trinajstić information content (AvgIpc) is 3.04. The van der Waals surface area contributed by atoms with Gasteiger partial charge in [-0.3, -0.25) is 0 Å². The number of rotatable bonds is 4. The van der Waals surface area contributed by atoms with Gasteiger partial charge in [-0.25, -0.2) is 0 Å². The van der Waals surface area contributed by atoms with E-state index in [1.165, 1.54) is 6.42 Å². The van der Waals surface area contributed by atoms with Crippen LogP contribution < -0.4 is 9.64 Å². The molecule has 1 aromatic carbocycles. The highest BCUT2D eigenvalue weighted by atomic mass is 16.5. The number of anilines is 1. The lowest BCUT2D eigenvalue weighted by molar-refractivity contribution is 0.414. The minimum Gasteiger partial charge on any atom is -0.496 e. The van der Waals surface area contributed by atoms with Crippen LogP contribution in [-0.4, -0.2) is 25.2 Å². The Bertz CT molecular complexity index is 737. The van der Waals surface area contributed by atoms with Gasteiger partial charge in [0.25, 0.3) is 0 Å². The van der Waals surface area contributed by atoms with Crippen LogP contribution in [-0.2, 0) is 0 Å². The standard InChI is InChI=1S/C18H19N3O2/c1-22-16-8-4-3-7-14(16)9-10-17-20-15(13-19)18(23-17)21-11-5-2-6-12-21/h3-4,7-10H,2,5-6,11-12H2,1H3. The Hall–Kier alpha value is -2.74. The third-order valence-corrected chi connectivity index (χ3v) is 3.92. The van der Waals surface area contributed by atoms with Crippen molar-refractivity contribution in [2.75, 3.05) is 25.1 Å². The van der Waals surface area contributed by atoms with Crippen molar-refractivity contribution in [3.8, 4) is 11.8 Å². The molecule has 0 N–H and O–H groups in total. The Morgan fingerprint density at radius 3 is 2.74 bits per heavy atom. The first-order valence-electron chi connectivity index (χ1n) is 7.79. The number of hydrogen-bond donors (Lipinski definition) is 0. The van der Waals surface area contributed by atoms with Crippen LogP contribution in [0.4, 0.5) is 5.88 Å². The van der Waals surface area contributed by atoms with Crippen LogP contribution in [0.3, 0.4) is 0 Å². The van der Waals surface area contributed by atoms with Crippen molar-refractivity contribution < 1.29 is 9.15 Å². The van der Waals surface area contributed by atoms with Crippen molar-refractivity contribution in [2.45, 2.75) is 19.3 Å². The topological polar surface area (TPSA) is 62.3 Å². The molecule has 0 aliphatic carbocycles. The van der Waals surface area contributed by atoms with Gasteiger partial charge in [-0.05, 0) is 31.4 Å². The zero-order valence-corrected chi connectivity index (χ0v) is 13.2. The van der Waals surface area contributed by atoms with Gasteiger partial charge in [-0.1, -0.05) is 18.2 Å². The maximum Gasteiger partial charge on any atom is 0.235 e. The largest absolute Gasteiger partial charge is 0.496 e. The lowest BCUT2D eigenvalue weighted by Gasteiger charge is -2.25. The summed E-state index contributed by atoms with van der Waals surface area (Å²) in [5, 5.41) is 9.29. The van der Waals surface area contributed by atoms with Crippen LogP contribution >= 0.6 is 0 Å². The molecule has 3 rings (SSSR count). The molecule has 0 spiro atoms. The third kappa shape index (κ3) is 3.37. The molecule has 2 heterocycles.